The number of rotatable bonds is 7. The maximum absolute atomic E-state index is 13.2. The minimum Gasteiger partial charge on any atom is -0.320 e. The van der Waals surface area contributed by atoms with Gasteiger partial charge in [-0.2, -0.15) is 0 Å². The third kappa shape index (κ3) is 5.38. The summed E-state index contributed by atoms with van der Waals surface area (Å²) in [5.74, 6) is 1.19. The average Bonchev–Trinajstić information content (AvgIpc) is 2.67. The number of para-hydroxylation sites is 2. The molecule has 3 heteroatoms. The first-order valence-corrected chi connectivity index (χ1v) is 11.2. The van der Waals surface area contributed by atoms with Crippen LogP contribution in [0.2, 0.25) is 0 Å². The molecule has 0 atom stereocenters. The second-order valence-corrected chi connectivity index (χ2v) is 9.37. The summed E-state index contributed by atoms with van der Waals surface area (Å²) >= 11 is 0. The maximum Gasteiger partial charge on any atom is 0.269 e. The average molecular weight is 407 g/mol. The van der Waals surface area contributed by atoms with E-state index in [1.807, 2.05) is 6.92 Å². The van der Waals surface area contributed by atoms with Crippen molar-refractivity contribution in [1.82, 2.24) is 0 Å². The van der Waals surface area contributed by atoms with E-state index in [4.69, 9.17) is 4.99 Å². The van der Waals surface area contributed by atoms with Crippen molar-refractivity contribution < 1.29 is 4.79 Å². The topological polar surface area (TPSA) is 41.5 Å². The Kier molecular flexibility index (Phi) is 8.00. The van der Waals surface area contributed by atoms with Crippen molar-refractivity contribution in [3.63, 3.8) is 0 Å². The number of carbonyl (C=O) groups is 1. The molecule has 162 valence electrons. The molecule has 0 aliphatic carbocycles. The van der Waals surface area contributed by atoms with Crippen molar-refractivity contribution in [2.75, 3.05) is 5.32 Å². The van der Waals surface area contributed by atoms with Gasteiger partial charge in [0.25, 0.3) is 5.91 Å². The molecule has 0 heterocycles. The lowest BCUT2D eigenvalue weighted by molar-refractivity contribution is -0.110. The molecule has 0 saturated carbocycles. The van der Waals surface area contributed by atoms with Gasteiger partial charge in [-0.15, -0.1) is 0 Å². The van der Waals surface area contributed by atoms with Crippen molar-refractivity contribution in [3.05, 3.63) is 58.7 Å². The molecule has 0 bridgehead atoms. The minimum atomic E-state index is -0.140. The van der Waals surface area contributed by atoms with E-state index in [0.717, 1.165) is 22.5 Å². The van der Waals surface area contributed by atoms with E-state index < -0.39 is 0 Å². The standard InChI is InChI=1S/C27H38N2O/c1-16(2)21-12-10-13-22(17(3)4)25(21)28-20(9)27(30)29-26-23(18(5)6)14-11-15-24(26)19(7)8/h10-19H,1-9H3,(H,29,30). The Morgan fingerprint density at radius 1 is 0.700 bits per heavy atom. The minimum absolute atomic E-state index is 0.140. The highest BCUT2D eigenvalue weighted by Gasteiger charge is 2.19. The molecule has 2 aromatic rings. The lowest BCUT2D eigenvalue weighted by Gasteiger charge is -2.20. The molecule has 0 aromatic heterocycles. The highest BCUT2D eigenvalue weighted by molar-refractivity contribution is 6.42. The number of hydrogen-bond donors (Lipinski definition) is 1. The number of nitrogens with one attached hydrogen (secondary N) is 1. The van der Waals surface area contributed by atoms with Crippen molar-refractivity contribution in [1.29, 1.82) is 0 Å². The molecule has 1 amide bonds. The van der Waals surface area contributed by atoms with Gasteiger partial charge in [-0.1, -0.05) is 91.8 Å². The Morgan fingerprint density at radius 3 is 1.43 bits per heavy atom. The number of hydrogen-bond acceptors (Lipinski definition) is 2. The molecule has 2 rings (SSSR count). The van der Waals surface area contributed by atoms with Gasteiger partial charge in [-0.05, 0) is 52.8 Å². The second kappa shape index (κ2) is 10.1. The van der Waals surface area contributed by atoms with Gasteiger partial charge in [0.05, 0.1) is 5.69 Å². The first-order valence-electron chi connectivity index (χ1n) is 11.2. The molecule has 3 nitrogen and oxygen atoms in total. The fourth-order valence-corrected chi connectivity index (χ4v) is 3.76. The molecule has 0 spiro atoms. The van der Waals surface area contributed by atoms with E-state index in [-0.39, 0.29) is 5.91 Å². The lowest BCUT2D eigenvalue weighted by atomic mass is 9.92. The van der Waals surface area contributed by atoms with Gasteiger partial charge in [0.2, 0.25) is 0 Å². The Labute approximate surface area is 183 Å². The fourth-order valence-electron chi connectivity index (χ4n) is 3.76. The molecule has 0 saturated heterocycles. The van der Waals surface area contributed by atoms with Gasteiger partial charge in [0, 0.05) is 5.69 Å². The number of aliphatic imine (C=N–C) groups is 1. The van der Waals surface area contributed by atoms with Crippen LogP contribution in [0.5, 0.6) is 0 Å². The zero-order chi connectivity index (χ0) is 22.6. The fraction of sp³-hybridized carbons (Fsp3) is 0.481. The van der Waals surface area contributed by atoms with Crippen LogP contribution in [0.3, 0.4) is 0 Å². The summed E-state index contributed by atoms with van der Waals surface area (Å²) in [6, 6.07) is 12.6. The zero-order valence-corrected chi connectivity index (χ0v) is 20.1. The van der Waals surface area contributed by atoms with Gasteiger partial charge < -0.3 is 5.32 Å². The monoisotopic (exact) mass is 406 g/mol. The quantitative estimate of drug-likeness (QED) is 0.466. The van der Waals surface area contributed by atoms with E-state index >= 15 is 0 Å². The maximum atomic E-state index is 13.2. The molecule has 30 heavy (non-hydrogen) atoms. The summed E-state index contributed by atoms with van der Waals surface area (Å²) in [7, 11) is 0. The summed E-state index contributed by atoms with van der Waals surface area (Å²) in [5.41, 5.74) is 7.04. The summed E-state index contributed by atoms with van der Waals surface area (Å²) in [6.45, 7) is 19.1. The van der Waals surface area contributed by atoms with Crippen LogP contribution in [-0.2, 0) is 4.79 Å². The van der Waals surface area contributed by atoms with E-state index in [9.17, 15) is 4.79 Å². The Bertz CT molecular complexity index is 868. The van der Waals surface area contributed by atoms with Gasteiger partial charge in [0.15, 0.2) is 0 Å². The predicted octanol–water partition coefficient (Wildman–Crippen LogP) is 7.91. The van der Waals surface area contributed by atoms with Crippen LogP contribution in [0, 0.1) is 0 Å². The van der Waals surface area contributed by atoms with Crippen LogP contribution < -0.4 is 5.32 Å². The van der Waals surface area contributed by atoms with Crippen LogP contribution in [-0.4, -0.2) is 11.6 Å². The molecule has 2 aromatic carbocycles. The summed E-state index contributed by atoms with van der Waals surface area (Å²) in [6.07, 6.45) is 0. The summed E-state index contributed by atoms with van der Waals surface area (Å²) in [4.78, 5) is 18.0. The number of benzene rings is 2. The predicted molar refractivity (Wildman–Crippen MR) is 131 cm³/mol. The molecule has 0 unspecified atom stereocenters. The van der Waals surface area contributed by atoms with Gasteiger partial charge >= 0.3 is 0 Å². The number of anilines is 1. The lowest BCUT2D eigenvalue weighted by Crippen LogP contribution is -2.22. The second-order valence-electron chi connectivity index (χ2n) is 9.37. The van der Waals surface area contributed by atoms with Crippen molar-refractivity contribution in [2.45, 2.75) is 86.0 Å². The molecule has 0 aliphatic rings. The first kappa shape index (κ1) is 23.9. The van der Waals surface area contributed by atoms with E-state index in [2.05, 4.69) is 97.1 Å². The van der Waals surface area contributed by atoms with Crippen LogP contribution in [0.4, 0.5) is 11.4 Å². The van der Waals surface area contributed by atoms with Gasteiger partial charge in [0.1, 0.15) is 5.71 Å². The zero-order valence-electron chi connectivity index (χ0n) is 20.1. The largest absolute Gasteiger partial charge is 0.320 e. The van der Waals surface area contributed by atoms with Crippen LogP contribution in [0.25, 0.3) is 0 Å². The molecular weight excluding hydrogens is 368 g/mol. The van der Waals surface area contributed by atoms with E-state index in [1.165, 1.54) is 11.1 Å². The molecule has 1 N–H and O–H groups in total. The third-order valence-electron chi connectivity index (χ3n) is 5.56. The van der Waals surface area contributed by atoms with E-state index in [1.54, 1.807) is 0 Å². The normalized spacial score (nSPS) is 12.4. The van der Waals surface area contributed by atoms with Crippen LogP contribution in [0.1, 0.15) is 108 Å². The summed E-state index contributed by atoms with van der Waals surface area (Å²) in [5, 5.41) is 3.19. The van der Waals surface area contributed by atoms with Crippen molar-refractivity contribution in [3.8, 4) is 0 Å². The van der Waals surface area contributed by atoms with Crippen LogP contribution >= 0.6 is 0 Å². The highest BCUT2D eigenvalue weighted by atomic mass is 16.1. The van der Waals surface area contributed by atoms with Gasteiger partial charge in [-0.3, -0.25) is 4.79 Å². The molecular formula is C27H38N2O. The Hall–Kier alpha value is -2.42. The summed E-state index contributed by atoms with van der Waals surface area (Å²) < 4.78 is 0. The SMILES string of the molecule is CC(=Nc1c(C(C)C)cccc1C(C)C)C(=O)Nc1c(C(C)C)cccc1C(C)C. The molecule has 0 aliphatic heterocycles. The Balaban J connectivity index is 2.49. The number of amides is 1. The smallest absolute Gasteiger partial charge is 0.269 e. The molecule has 0 fully saturated rings. The Morgan fingerprint density at radius 2 is 1.07 bits per heavy atom. The third-order valence-corrected chi connectivity index (χ3v) is 5.56. The highest BCUT2D eigenvalue weighted by Crippen LogP contribution is 2.35. The van der Waals surface area contributed by atoms with Crippen molar-refractivity contribution >= 4 is 23.0 Å². The van der Waals surface area contributed by atoms with Crippen molar-refractivity contribution in [2.24, 2.45) is 4.99 Å². The molecule has 0 radical (unpaired) electrons. The number of nitrogens with zero attached hydrogens (tertiary/aromatic N) is 1. The van der Waals surface area contributed by atoms with E-state index in [0.29, 0.717) is 29.4 Å². The van der Waals surface area contributed by atoms with Crippen LogP contribution in [0.15, 0.2) is 41.4 Å². The first-order chi connectivity index (χ1) is 14.0. The number of carbonyl (C=O) groups excluding carboxylic acids is 1. The van der Waals surface area contributed by atoms with Gasteiger partial charge in [-0.25, -0.2) is 4.99 Å².